The summed E-state index contributed by atoms with van der Waals surface area (Å²) >= 11 is 5.65. The molecule has 0 N–H and O–H groups in total. The Labute approximate surface area is 101 Å². The second kappa shape index (κ2) is 4.10. The number of fused-ring (bicyclic) bond motifs is 1. The van der Waals surface area contributed by atoms with Crippen molar-refractivity contribution in [2.45, 2.75) is 32.4 Å². The Hall–Kier alpha value is -1.02. The molecule has 0 saturated heterocycles. The number of rotatable bonds is 1. The molecule has 0 radical (unpaired) electrons. The Morgan fingerprint density at radius 1 is 1.38 bits per heavy atom. The van der Waals surface area contributed by atoms with E-state index in [1.54, 1.807) is 0 Å². The molecule has 16 heavy (non-hydrogen) atoms. The van der Waals surface area contributed by atoms with Crippen molar-refractivity contribution in [2.75, 3.05) is 5.88 Å². The van der Waals surface area contributed by atoms with Crippen molar-refractivity contribution in [1.29, 1.82) is 0 Å². The topological polar surface area (TPSA) is 20.3 Å². The molecule has 0 atom stereocenters. The van der Waals surface area contributed by atoms with E-state index in [4.69, 9.17) is 11.6 Å². The maximum Gasteiger partial charge on any atom is 0.238 e. The van der Waals surface area contributed by atoms with Gasteiger partial charge in [-0.2, -0.15) is 0 Å². The lowest BCUT2D eigenvalue weighted by Crippen LogP contribution is -2.51. The third-order valence-corrected chi connectivity index (χ3v) is 3.44. The zero-order chi connectivity index (χ0) is 11.8. The summed E-state index contributed by atoms with van der Waals surface area (Å²) in [5.41, 5.74) is 2.44. The molecule has 1 amide bonds. The molecular formula is C13H16ClNO. The van der Waals surface area contributed by atoms with Gasteiger partial charge in [0.1, 0.15) is 5.88 Å². The molecule has 1 aromatic carbocycles. The number of nitrogens with zero attached hydrogens (tertiary/aromatic N) is 1. The molecule has 86 valence electrons. The van der Waals surface area contributed by atoms with Crippen LogP contribution < -0.4 is 0 Å². The number of benzene rings is 1. The predicted octanol–water partition coefficient (Wildman–Crippen LogP) is 2.59. The van der Waals surface area contributed by atoms with E-state index in [1.165, 1.54) is 11.1 Å². The monoisotopic (exact) mass is 237 g/mol. The summed E-state index contributed by atoms with van der Waals surface area (Å²) in [5, 5.41) is 0. The summed E-state index contributed by atoms with van der Waals surface area (Å²) in [7, 11) is 0. The van der Waals surface area contributed by atoms with Gasteiger partial charge in [0.25, 0.3) is 0 Å². The van der Waals surface area contributed by atoms with Gasteiger partial charge >= 0.3 is 0 Å². The third-order valence-electron chi connectivity index (χ3n) is 3.22. The average Bonchev–Trinajstić information content (AvgIpc) is 2.26. The maximum absolute atomic E-state index is 11.8. The second-order valence-corrected chi connectivity index (χ2v) is 5.14. The number of amides is 1. The molecule has 0 fully saturated rings. The maximum atomic E-state index is 11.8. The molecule has 1 aliphatic rings. The van der Waals surface area contributed by atoms with E-state index in [0.717, 1.165) is 6.42 Å². The van der Waals surface area contributed by atoms with Gasteiger partial charge in [0.05, 0.1) is 0 Å². The molecule has 0 spiro atoms. The van der Waals surface area contributed by atoms with E-state index in [0.29, 0.717) is 6.54 Å². The van der Waals surface area contributed by atoms with E-state index < -0.39 is 0 Å². The Balaban J connectivity index is 2.35. The molecule has 1 heterocycles. The minimum absolute atomic E-state index is 0.0150. The number of carbonyl (C=O) groups excluding carboxylic acids is 1. The van der Waals surface area contributed by atoms with E-state index in [9.17, 15) is 4.79 Å². The quantitative estimate of drug-likeness (QED) is 0.688. The molecule has 2 rings (SSSR count). The first kappa shape index (κ1) is 11.5. The summed E-state index contributed by atoms with van der Waals surface area (Å²) in [5.74, 6) is 0.0761. The molecule has 0 bridgehead atoms. The largest absolute Gasteiger partial charge is 0.332 e. The van der Waals surface area contributed by atoms with E-state index in [-0.39, 0.29) is 17.3 Å². The second-order valence-electron chi connectivity index (χ2n) is 4.87. The molecule has 2 nitrogen and oxygen atoms in total. The van der Waals surface area contributed by atoms with Crippen molar-refractivity contribution < 1.29 is 4.79 Å². The Kier molecular flexibility index (Phi) is 2.94. The fourth-order valence-electron chi connectivity index (χ4n) is 2.33. The van der Waals surface area contributed by atoms with Gasteiger partial charge in [-0.05, 0) is 31.4 Å². The van der Waals surface area contributed by atoms with Crippen molar-refractivity contribution >= 4 is 17.5 Å². The van der Waals surface area contributed by atoms with Crippen LogP contribution in [0.5, 0.6) is 0 Å². The first-order valence-corrected chi connectivity index (χ1v) is 6.01. The lowest BCUT2D eigenvalue weighted by molar-refractivity contribution is -0.135. The molecule has 0 unspecified atom stereocenters. The molecule has 0 saturated carbocycles. The van der Waals surface area contributed by atoms with E-state index in [2.05, 4.69) is 26.0 Å². The van der Waals surface area contributed by atoms with Gasteiger partial charge in [-0.15, -0.1) is 11.6 Å². The smallest absolute Gasteiger partial charge is 0.238 e. The zero-order valence-electron chi connectivity index (χ0n) is 9.66. The van der Waals surface area contributed by atoms with Crippen LogP contribution in [0.15, 0.2) is 24.3 Å². The normalized spacial score (nSPS) is 18.1. The Morgan fingerprint density at radius 2 is 2.00 bits per heavy atom. The SMILES string of the molecule is CC1(C)Cc2ccccc2CN1C(=O)CCl. The van der Waals surface area contributed by atoms with Crippen molar-refractivity contribution in [3.05, 3.63) is 35.4 Å². The summed E-state index contributed by atoms with van der Waals surface area (Å²) in [6, 6.07) is 8.28. The fraction of sp³-hybridized carbons (Fsp3) is 0.462. The van der Waals surface area contributed by atoms with Crippen LogP contribution in [-0.4, -0.2) is 22.2 Å². The highest BCUT2D eigenvalue weighted by molar-refractivity contribution is 6.27. The number of carbonyl (C=O) groups is 1. The van der Waals surface area contributed by atoms with Gasteiger partial charge in [0.15, 0.2) is 0 Å². The molecule has 0 aliphatic carbocycles. The summed E-state index contributed by atoms with van der Waals surface area (Å²) in [4.78, 5) is 13.7. The van der Waals surface area contributed by atoms with Crippen molar-refractivity contribution in [3.8, 4) is 0 Å². The molecule has 1 aliphatic heterocycles. The third kappa shape index (κ3) is 1.94. The summed E-state index contributed by atoms with van der Waals surface area (Å²) in [6.45, 7) is 4.86. The Bertz CT molecular complexity index is 414. The van der Waals surface area contributed by atoms with Crippen LogP contribution in [0.2, 0.25) is 0 Å². The summed E-state index contributed by atoms with van der Waals surface area (Å²) < 4.78 is 0. The first-order chi connectivity index (χ1) is 7.54. The van der Waals surface area contributed by atoms with Crippen LogP contribution in [0.25, 0.3) is 0 Å². The number of hydrogen-bond acceptors (Lipinski definition) is 1. The molecular weight excluding hydrogens is 222 g/mol. The van der Waals surface area contributed by atoms with Gasteiger partial charge in [0.2, 0.25) is 5.91 Å². The van der Waals surface area contributed by atoms with Gasteiger partial charge in [0, 0.05) is 12.1 Å². The molecule has 0 aromatic heterocycles. The summed E-state index contributed by atoms with van der Waals surface area (Å²) in [6.07, 6.45) is 0.895. The van der Waals surface area contributed by atoms with Gasteiger partial charge < -0.3 is 4.90 Å². The van der Waals surface area contributed by atoms with Crippen LogP contribution in [0.1, 0.15) is 25.0 Å². The lowest BCUT2D eigenvalue weighted by atomic mass is 9.85. The minimum Gasteiger partial charge on any atom is -0.332 e. The number of alkyl halides is 1. The highest BCUT2D eigenvalue weighted by Gasteiger charge is 2.35. The zero-order valence-corrected chi connectivity index (χ0v) is 10.4. The lowest BCUT2D eigenvalue weighted by Gasteiger charge is -2.43. The predicted molar refractivity (Wildman–Crippen MR) is 65.5 cm³/mol. The fourth-order valence-corrected chi connectivity index (χ4v) is 2.47. The van der Waals surface area contributed by atoms with Gasteiger partial charge in [-0.1, -0.05) is 24.3 Å². The average molecular weight is 238 g/mol. The van der Waals surface area contributed by atoms with E-state index >= 15 is 0 Å². The van der Waals surface area contributed by atoms with Crippen molar-refractivity contribution in [3.63, 3.8) is 0 Å². The molecule has 1 aromatic rings. The minimum atomic E-state index is -0.139. The number of hydrogen-bond donors (Lipinski definition) is 0. The van der Waals surface area contributed by atoms with Crippen LogP contribution in [0, 0.1) is 0 Å². The highest BCUT2D eigenvalue weighted by Crippen LogP contribution is 2.30. The van der Waals surface area contributed by atoms with Crippen LogP contribution in [-0.2, 0) is 17.8 Å². The molecule has 3 heteroatoms. The van der Waals surface area contributed by atoms with E-state index in [1.807, 2.05) is 17.0 Å². The Morgan fingerprint density at radius 3 is 2.62 bits per heavy atom. The van der Waals surface area contributed by atoms with Crippen molar-refractivity contribution in [1.82, 2.24) is 4.90 Å². The van der Waals surface area contributed by atoms with Gasteiger partial charge in [-0.3, -0.25) is 4.79 Å². The first-order valence-electron chi connectivity index (χ1n) is 5.48. The van der Waals surface area contributed by atoms with Crippen LogP contribution >= 0.6 is 11.6 Å². The number of halogens is 1. The standard InChI is InChI=1S/C13H16ClNO/c1-13(2)7-10-5-3-4-6-11(10)9-15(13)12(16)8-14/h3-6H,7-9H2,1-2H3. The van der Waals surface area contributed by atoms with Crippen molar-refractivity contribution in [2.24, 2.45) is 0 Å². The highest BCUT2D eigenvalue weighted by atomic mass is 35.5. The van der Waals surface area contributed by atoms with Crippen LogP contribution in [0.4, 0.5) is 0 Å². The van der Waals surface area contributed by atoms with Crippen LogP contribution in [0.3, 0.4) is 0 Å². The van der Waals surface area contributed by atoms with Gasteiger partial charge in [-0.25, -0.2) is 0 Å².